The molecule has 1 fully saturated rings. The van der Waals surface area contributed by atoms with Crippen LogP contribution in [0.5, 0.6) is 0 Å². The van der Waals surface area contributed by atoms with Gasteiger partial charge in [-0.2, -0.15) is 0 Å². The van der Waals surface area contributed by atoms with Crippen molar-refractivity contribution in [3.8, 4) is 0 Å². The summed E-state index contributed by atoms with van der Waals surface area (Å²) >= 11 is 0. The Morgan fingerprint density at radius 2 is 1.24 bits per heavy atom. The third-order valence-electron chi connectivity index (χ3n) is 6.15. The molecule has 1 saturated heterocycles. The predicted octanol–water partition coefficient (Wildman–Crippen LogP) is 7.51. The van der Waals surface area contributed by atoms with Crippen molar-refractivity contribution in [1.29, 1.82) is 0 Å². The van der Waals surface area contributed by atoms with Crippen molar-refractivity contribution in [3.05, 3.63) is 60.2 Å². The van der Waals surface area contributed by atoms with E-state index < -0.39 is 10.1 Å². The molecule has 0 amide bonds. The second-order valence-electron chi connectivity index (χ2n) is 8.92. The fourth-order valence-corrected chi connectivity index (χ4v) is 7.32. The molecular formula is C28H42O3S2. The van der Waals surface area contributed by atoms with Crippen molar-refractivity contribution in [2.45, 2.75) is 100 Å². The van der Waals surface area contributed by atoms with Crippen molar-refractivity contribution >= 4 is 21.0 Å². The van der Waals surface area contributed by atoms with Gasteiger partial charge in [0.1, 0.15) is 21.6 Å². The summed E-state index contributed by atoms with van der Waals surface area (Å²) in [5, 5.41) is 0. The van der Waals surface area contributed by atoms with Gasteiger partial charge < -0.3 is 4.55 Å². The van der Waals surface area contributed by atoms with Gasteiger partial charge in [-0.1, -0.05) is 101 Å². The minimum atomic E-state index is -4.35. The molecule has 184 valence electrons. The van der Waals surface area contributed by atoms with Gasteiger partial charge >= 0.3 is 0 Å². The molecule has 1 heterocycles. The van der Waals surface area contributed by atoms with E-state index in [0.29, 0.717) is 22.9 Å². The molecule has 0 saturated carbocycles. The lowest BCUT2D eigenvalue weighted by Crippen LogP contribution is -2.03. The Hall–Kier alpha value is -1.30. The molecule has 0 bridgehead atoms. The summed E-state index contributed by atoms with van der Waals surface area (Å²) in [4.78, 5) is 1.52. The van der Waals surface area contributed by atoms with Gasteiger partial charge in [0.15, 0.2) is 4.90 Å². The van der Waals surface area contributed by atoms with Gasteiger partial charge in [-0.3, -0.25) is 0 Å². The van der Waals surface area contributed by atoms with E-state index in [1.54, 1.807) is 23.1 Å². The van der Waals surface area contributed by atoms with Gasteiger partial charge in [0.05, 0.1) is 4.90 Å². The SMILES string of the molecule is CCCCCCCCCCCCc1ccccc1S(=O)(=O)[O-].c1ccc([S+]2CCCC2)cc1. The molecule has 0 aliphatic carbocycles. The highest BCUT2D eigenvalue weighted by Gasteiger charge is 2.25. The quantitative estimate of drug-likeness (QED) is 0.166. The molecular weight excluding hydrogens is 448 g/mol. The second-order valence-corrected chi connectivity index (χ2v) is 12.5. The highest BCUT2D eigenvalue weighted by molar-refractivity contribution is 7.97. The maximum absolute atomic E-state index is 11.2. The fourth-order valence-electron chi connectivity index (χ4n) is 4.26. The van der Waals surface area contributed by atoms with E-state index in [9.17, 15) is 13.0 Å². The monoisotopic (exact) mass is 490 g/mol. The largest absolute Gasteiger partial charge is 0.744 e. The molecule has 33 heavy (non-hydrogen) atoms. The number of hydrogen-bond acceptors (Lipinski definition) is 3. The van der Waals surface area contributed by atoms with Gasteiger partial charge in [-0.15, -0.1) is 0 Å². The molecule has 3 nitrogen and oxygen atoms in total. The Balaban J connectivity index is 0.000000288. The van der Waals surface area contributed by atoms with E-state index in [-0.39, 0.29) is 4.90 Å². The van der Waals surface area contributed by atoms with E-state index in [2.05, 4.69) is 37.3 Å². The van der Waals surface area contributed by atoms with E-state index >= 15 is 0 Å². The number of hydrogen-bond donors (Lipinski definition) is 0. The van der Waals surface area contributed by atoms with Crippen LogP contribution in [-0.2, 0) is 27.4 Å². The Bertz CT molecular complexity index is 860. The van der Waals surface area contributed by atoms with Crippen LogP contribution >= 0.6 is 0 Å². The topological polar surface area (TPSA) is 57.2 Å². The zero-order chi connectivity index (χ0) is 23.8. The zero-order valence-electron chi connectivity index (χ0n) is 20.3. The summed E-state index contributed by atoms with van der Waals surface area (Å²) in [7, 11) is -3.74. The summed E-state index contributed by atoms with van der Waals surface area (Å²) in [6, 6.07) is 17.5. The number of benzene rings is 2. The van der Waals surface area contributed by atoms with Crippen molar-refractivity contribution in [1.82, 2.24) is 0 Å². The molecule has 2 aromatic carbocycles. The van der Waals surface area contributed by atoms with E-state index in [4.69, 9.17) is 0 Å². The summed E-state index contributed by atoms with van der Waals surface area (Å²) in [5.41, 5.74) is 0.664. The third kappa shape index (κ3) is 11.6. The summed E-state index contributed by atoms with van der Waals surface area (Å²) in [5.74, 6) is 2.87. The highest BCUT2D eigenvalue weighted by atomic mass is 32.2. The van der Waals surface area contributed by atoms with Gasteiger partial charge in [0.2, 0.25) is 0 Å². The zero-order valence-corrected chi connectivity index (χ0v) is 22.0. The van der Waals surface area contributed by atoms with Crippen LogP contribution in [0, 0.1) is 0 Å². The number of rotatable bonds is 13. The van der Waals surface area contributed by atoms with E-state index in [1.807, 2.05) is 0 Å². The maximum atomic E-state index is 11.2. The molecule has 0 N–H and O–H groups in total. The van der Waals surface area contributed by atoms with Gasteiger partial charge in [0, 0.05) is 10.9 Å². The van der Waals surface area contributed by atoms with Gasteiger partial charge in [-0.05, 0) is 49.4 Å². The lowest BCUT2D eigenvalue weighted by molar-refractivity contribution is 0.461. The molecule has 0 aromatic heterocycles. The maximum Gasteiger partial charge on any atom is 0.154 e. The van der Waals surface area contributed by atoms with Crippen LogP contribution < -0.4 is 0 Å². The molecule has 3 rings (SSSR count). The highest BCUT2D eigenvalue weighted by Crippen LogP contribution is 2.22. The average Bonchev–Trinajstić information content (AvgIpc) is 3.36. The van der Waals surface area contributed by atoms with Crippen LogP contribution in [0.15, 0.2) is 64.4 Å². The normalized spacial score (nSPS) is 14.1. The van der Waals surface area contributed by atoms with E-state index in [0.717, 1.165) is 12.8 Å². The molecule has 1 aliphatic heterocycles. The van der Waals surface area contributed by atoms with Gasteiger partial charge in [0.25, 0.3) is 0 Å². The van der Waals surface area contributed by atoms with Crippen molar-refractivity contribution in [2.75, 3.05) is 11.5 Å². The first-order chi connectivity index (χ1) is 16.0. The van der Waals surface area contributed by atoms with Gasteiger partial charge in [-0.25, -0.2) is 8.42 Å². The first-order valence-electron chi connectivity index (χ1n) is 12.8. The van der Waals surface area contributed by atoms with Crippen molar-refractivity contribution < 1.29 is 13.0 Å². The fraction of sp³-hybridized carbons (Fsp3) is 0.571. The Morgan fingerprint density at radius 3 is 1.82 bits per heavy atom. The Labute approximate surface area is 205 Å². The molecule has 1 aliphatic rings. The lowest BCUT2D eigenvalue weighted by Gasteiger charge is -2.12. The van der Waals surface area contributed by atoms with E-state index in [1.165, 1.54) is 81.8 Å². The smallest absolute Gasteiger partial charge is 0.154 e. The van der Waals surface area contributed by atoms with Crippen LogP contribution in [0.2, 0.25) is 0 Å². The predicted molar refractivity (Wildman–Crippen MR) is 141 cm³/mol. The minimum absolute atomic E-state index is 0.0501. The van der Waals surface area contributed by atoms with Crippen LogP contribution in [0.3, 0.4) is 0 Å². The number of aryl methyl sites for hydroxylation is 1. The lowest BCUT2D eigenvalue weighted by atomic mass is 10.0. The van der Waals surface area contributed by atoms with Crippen LogP contribution in [0.4, 0.5) is 0 Å². The Kier molecular flexibility index (Phi) is 13.8. The minimum Gasteiger partial charge on any atom is -0.744 e. The summed E-state index contributed by atoms with van der Waals surface area (Å²) < 4.78 is 33.5. The average molecular weight is 491 g/mol. The second kappa shape index (κ2) is 16.3. The third-order valence-corrected chi connectivity index (χ3v) is 9.59. The van der Waals surface area contributed by atoms with Crippen molar-refractivity contribution in [3.63, 3.8) is 0 Å². The first kappa shape index (κ1) is 27.9. The standard InChI is InChI=1S/C18H30O3S.C10H13S/c1-2-3-4-5-6-7-8-9-10-11-14-17-15-12-13-16-18(17)22(19,20)21;1-2-6-10(7-3-1)11-8-4-5-9-11/h12-13,15-16H,2-11,14H2,1H3,(H,19,20,21);1-3,6-7H,4-5,8-9H2/q;+1/p-1. The number of unbranched alkanes of at least 4 members (excludes halogenated alkanes) is 9. The summed E-state index contributed by atoms with van der Waals surface area (Å²) in [6.45, 7) is 2.23. The molecule has 0 unspecified atom stereocenters. The van der Waals surface area contributed by atoms with Crippen molar-refractivity contribution in [2.24, 2.45) is 0 Å². The summed E-state index contributed by atoms with van der Waals surface area (Å²) in [6.07, 6.45) is 16.0. The molecule has 5 heteroatoms. The molecule has 0 radical (unpaired) electrons. The Morgan fingerprint density at radius 1 is 0.727 bits per heavy atom. The van der Waals surface area contributed by atoms with Crippen LogP contribution in [-0.4, -0.2) is 24.5 Å². The first-order valence-corrected chi connectivity index (χ1v) is 15.8. The molecule has 0 atom stereocenters. The van der Waals surface area contributed by atoms with Crippen LogP contribution in [0.1, 0.15) is 89.5 Å². The molecule has 0 spiro atoms. The van der Waals surface area contributed by atoms with Crippen LogP contribution in [0.25, 0.3) is 0 Å². The molecule has 2 aromatic rings.